The minimum absolute atomic E-state index is 0.0140. The number of β-amino-alcohol motifs (C(OH)–C–C–N with tert-alkyl or cyclic N) is 1. The maximum Gasteiger partial charge on any atom is 0.227 e. The van der Waals surface area contributed by atoms with Gasteiger partial charge in [-0.2, -0.15) is 0 Å². The van der Waals surface area contributed by atoms with Crippen LogP contribution in [-0.4, -0.2) is 67.2 Å². The smallest absolute Gasteiger partial charge is 0.227 e. The molecule has 2 atom stereocenters. The minimum atomic E-state index is -3.21. The molecule has 2 rings (SSSR count). The molecule has 104 valence electrons. The predicted molar refractivity (Wildman–Crippen MR) is 66.3 cm³/mol. The topological polar surface area (TPSA) is 77.9 Å². The first-order valence-corrected chi connectivity index (χ1v) is 8.14. The second kappa shape index (κ2) is 5.14. The molecule has 2 fully saturated rings. The number of carbonyl (C=O) groups is 1. The van der Waals surface area contributed by atoms with Crippen LogP contribution >= 0.6 is 0 Å². The van der Waals surface area contributed by atoms with Crippen molar-refractivity contribution in [3.63, 3.8) is 0 Å². The summed E-state index contributed by atoms with van der Waals surface area (Å²) in [7, 11) is -3.21. The fourth-order valence-corrected chi connectivity index (χ4v) is 3.56. The molecule has 2 heterocycles. The van der Waals surface area contributed by atoms with Gasteiger partial charge >= 0.3 is 0 Å². The van der Waals surface area contributed by atoms with Crippen LogP contribution in [0, 0.1) is 5.92 Å². The van der Waals surface area contributed by atoms with Crippen LogP contribution < -0.4 is 0 Å². The molecule has 2 aliphatic heterocycles. The molecule has 0 aromatic heterocycles. The third-order valence-corrected chi connectivity index (χ3v) is 4.95. The molecule has 7 heteroatoms. The number of hydrogen-bond donors (Lipinski definition) is 1. The Hall–Kier alpha value is -0.660. The third kappa shape index (κ3) is 3.02. The Kier molecular flexibility index (Phi) is 3.93. The van der Waals surface area contributed by atoms with Gasteiger partial charge in [0.15, 0.2) is 0 Å². The van der Waals surface area contributed by atoms with Crippen LogP contribution in [-0.2, 0) is 14.8 Å². The minimum Gasteiger partial charge on any atom is -0.391 e. The van der Waals surface area contributed by atoms with Crippen LogP contribution in [0.1, 0.15) is 19.3 Å². The van der Waals surface area contributed by atoms with Crippen molar-refractivity contribution in [3.05, 3.63) is 0 Å². The number of piperidine rings is 1. The molecule has 0 radical (unpaired) electrons. The third-order valence-electron chi connectivity index (χ3n) is 3.68. The van der Waals surface area contributed by atoms with Gasteiger partial charge in [0.2, 0.25) is 15.9 Å². The van der Waals surface area contributed by atoms with Crippen molar-refractivity contribution in [2.24, 2.45) is 5.92 Å². The predicted octanol–water partition coefficient (Wildman–Crippen LogP) is -0.749. The first-order valence-electron chi connectivity index (χ1n) is 6.30. The highest BCUT2D eigenvalue weighted by atomic mass is 32.2. The average Bonchev–Trinajstić information content (AvgIpc) is 2.74. The Morgan fingerprint density at radius 1 is 1.22 bits per heavy atom. The Morgan fingerprint density at radius 2 is 1.94 bits per heavy atom. The van der Waals surface area contributed by atoms with Crippen LogP contribution in [0.4, 0.5) is 0 Å². The quantitative estimate of drug-likeness (QED) is 0.720. The molecule has 0 aliphatic carbocycles. The highest BCUT2D eigenvalue weighted by Gasteiger charge is 2.34. The van der Waals surface area contributed by atoms with E-state index < -0.39 is 16.1 Å². The normalized spacial score (nSPS) is 30.7. The average molecular weight is 276 g/mol. The van der Waals surface area contributed by atoms with Crippen molar-refractivity contribution in [1.29, 1.82) is 0 Å². The lowest BCUT2D eigenvalue weighted by molar-refractivity contribution is -0.136. The number of carbonyl (C=O) groups excluding carboxylic acids is 1. The van der Waals surface area contributed by atoms with Gasteiger partial charge in [-0.25, -0.2) is 12.7 Å². The molecule has 0 saturated carbocycles. The molecular formula is C11H20N2O4S. The molecule has 1 N–H and O–H groups in total. The number of likely N-dealkylation sites (tertiary alicyclic amines) is 1. The van der Waals surface area contributed by atoms with E-state index in [0.29, 0.717) is 26.1 Å². The lowest BCUT2D eigenvalue weighted by Gasteiger charge is -2.32. The highest BCUT2D eigenvalue weighted by molar-refractivity contribution is 7.88. The van der Waals surface area contributed by atoms with Crippen molar-refractivity contribution in [2.45, 2.75) is 25.4 Å². The van der Waals surface area contributed by atoms with E-state index in [1.807, 2.05) is 0 Å². The van der Waals surface area contributed by atoms with Gasteiger partial charge < -0.3 is 10.0 Å². The summed E-state index contributed by atoms with van der Waals surface area (Å²) in [6, 6.07) is 0. The Balaban J connectivity index is 1.98. The van der Waals surface area contributed by atoms with Crippen LogP contribution in [0.5, 0.6) is 0 Å². The summed E-state index contributed by atoms with van der Waals surface area (Å²) in [6.07, 6.45) is 2.83. The number of hydrogen-bond acceptors (Lipinski definition) is 4. The zero-order valence-electron chi connectivity index (χ0n) is 10.6. The zero-order valence-corrected chi connectivity index (χ0v) is 11.4. The molecule has 2 aliphatic rings. The van der Waals surface area contributed by atoms with Gasteiger partial charge in [0.1, 0.15) is 0 Å². The lowest BCUT2D eigenvalue weighted by atomic mass is 9.98. The number of rotatable bonds is 2. The molecule has 2 saturated heterocycles. The molecule has 1 amide bonds. The first kappa shape index (κ1) is 13.8. The van der Waals surface area contributed by atoms with E-state index in [1.165, 1.54) is 10.6 Å². The van der Waals surface area contributed by atoms with Crippen molar-refractivity contribution in [1.82, 2.24) is 9.21 Å². The van der Waals surface area contributed by atoms with Crippen molar-refractivity contribution < 1.29 is 18.3 Å². The van der Waals surface area contributed by atoms with Crippen LogP contribution in [0.3, 0.4) is 0 Å². The van der Waals surface area contributed by atoms with Crippen molar-refractivity contribution in [3.8, 4) is 0 Å². The van der Waals surface area contributed by atoms with Crippen LogP contribution in [0.2, 0.25) is 0 Å². The van der Waals surface area contributed by atoms with Gasteiger partial charge in [-0.05, 0) is 19.3 Å². The maximum absolute atomic E-state index is 12.2. The fourth-order valence-electron chi connectivity index (χ4n) is 2.65. The van der Waals surface area contributed by atoms with Crippen LogP contribution in [0.15, 0.2) is 0 Å². The fraction of sp³-hybridized carbons (Fsp3) is 0.909. The summed E-state index contributed by atoms with van der Waals surface area (Å²) < 4.78 is 24.4. The summed E-state index contributed by atoms with van der Waals surface area (Å²) in [5.74, 6) is -0.265. The summed E-state index contributed by atoms with van der Waals surface area (Å²) in [5, 5.41) is 9.43. The number of aliphatic hydroxyl groups is 1. The van der Waals surface area contributed by atoms with Crippen molar-refractivity contribution >= 4 is 15.9 Å². The summed E-state index contributed by atoms with van der Waals surface area (Å²) in [5.41, 5.74) is 0. The SMILES string of the molecule is CS(=O)(=O)N1CCCC(C(=O)N2CC[C@H](O)C2)C1. The van der Waals surface area contributed by atoms with Gasteiger partial charge in [-0.15, -0.1) is 0 Å². The number of nitrogens with zero attached hydrogens (tertiary/aromatic N) is 2. The van der Waals surface area contributed by atoms with Crippen molar-refractivity contribution in [2.75, 3.05) is 32.4 Å². The molecule has 0 aromatic carbocycles. The molecule has 1 unspecified atom stereocenters. The van der Waals surface area contributed by atoms with E-state index in [4.69, 9.17) is 0 Å². The standard InChI is InChI=1S/C11H20N2O4S/c1-18(16,17)13-5-2-3-9(7-13)11(15)12-6-4-10(14)8-12/h9-10,14H,2-8H2,1H3/t9?,10-/m0/s1. The molecule has 18 heavy (non-hydrogen) atoms. The summed E-state index contributed by atoms with van der Waals surface area (Å²) in [4.78, 5) is 13.9. The van der Waals surface area contributed by atoms with Gasteiger partial charge in [0.25, 0.3) is 0 Å². The molecule has 0 bridgehead atoms. The molecule has 0 spiro atoms. The summed E-state index contributed by atoms with van der Waals surface area (Å²) in [6.45, 7) is 1.75. The Bertz CT molecular complexity index is 423. The van der Waals surface area contributed by atoms with E-state index in [9.17, 15) is 18.3 Å². The van der Waals surface area contributed by atoms with Gasteiger partial charge in [0, 0.05) is 26.2 Å². The zero-order chi connectivity index (χ0) is 13.3. The van der Waals surface area contributed by atoms with E-state index in [1.54, 1.807) is 4.90 Å². The molecular weight excluding hydrogens is 256 g/mol. The van der Waals surface area contributed by atoms with E-state index >= 15 is 0 Å². The number of aliphatic hydroxyl groups excluding tert-OH is 1. The second-order valence-electron chi connectivity index (χ2n) is 5.19. The first-order chi connectivity index (χ1) is 8.38. The highest BCUT2D eigenvalue weighted by Crippen LogP contribution is 2.22. The van der Waals surface area contributed by atoms with Gasteiger partial charge in [-0.1, -0.05) is 0 Å². The van der Waals surface area contributed by atoms with Gasteiger partial charge in [-0.3, -0.25) is 4.79 Å². The van der Waals surface area contributed by atoms with E-state index in [-0.39, 0.29) is 18.4 Å². The maximum atomic E-state index is 12.2. The number of amides is 1. The van der Waals surface area contributed by atoms with Gasteiger partial charge in [0.05, 0.1) is 18.3 Å². The number of sulfonamides is 1. The Morgan fingerprint density at radius 3 is 2.50 bits per heavy atom. The lowest BCUT2D eigenvalue weighted by Crippen LogP contribution is -2.46. The largest absolute Gasteiger partial charge is 0.391 e. The summed E-state index contributed by atoms with van der Waals surface area (Å²) >= 11 is 0. The monoisotopic (exact) mass is 276 g/mol. The molecule has 6 nitrogen and oxygen atoms in total. The van der Waals surface area contributed by atoms with E-state index in [2.05, 4.69) is 0 Å². The Labute approximate surface area is 108 Å². The molecule has 0 aromatic rings. The van der Waals surface area contributed by atoms with E-state index in [0.717, 1.165) is 12.8 Å². The second-order valence-corrected chi connectivity index (χ2v) is 7.17. The van der Waals surface area contributed by atoms with Crippen LogP contribution in [0.25, 0.3) is 0 Å².